The lowest BCUT2D eigenvalue weighted by Gasteiger charge is -2.37. The number of nitrogens with zero attached hydrogens (tertiary/aromatic N) is 3. The highest BCUT2D eigenvalue weighted by atomic mass is 19.1. The van der Waals surface area contributed by atoms with Crippen molar-refractivity contribution in [2.24, 2.45) is 0 Å². The van der Waals surface area contributed by atoms with Crippen molar-refractivity contribution in [1.82, 2.24) is 4.90 Å². The molecule has 0 radical (unpaired) electrons. The minimum absolute atomic E-state index is 0.0187. The summed E-state index contributed by atoms with van der Waals surface area (Å²) in [5.41, 5.74) is -0.889. The van der Waals surface area contributed by atoms with Gasteiger partial charge in [-0.25, -0.2) is 23.2 Å². The Balaban J connectivity index is 1.63. The highest BCUT2D eigenvalue weighted by Crippen LogP contribution is 2.31. The van der Waals surface area contributed by atoms with Crippen LogP contribution in [-0.2, 0) is 18.9 Å². The molecule has 34 heavy (non-hydrogen) atoms. The molecule has 0 spiro atoms. The summed E-state index contributed by atoms with van der Waals surface area (Å²) in [6, 6.07) is 2.10. The first-order valence-electron chi connectivity index (χ1n) is 11.0. The summed E-state index contributed by atoms with van der Waals surface area (Å²) in [6.07, 6.45) is -2.98. The van der Waals surface area contributed by atoms with Gasteiger partial charge in [0.25, 0.3) is 0 Å². The molecule has 0 unspecified atom stereocenters. The summed E-state index contributed by atoms with van der Waals surface area (Å²) in [4.78, 5) is 39.8. The number of anilines is 2. The van der Waals surface area contributed by atoms with Crippen molar-refractivity contribution >= 4 is 29.7 Å². The van der Waals surface area contributed by atoms with E-state index in [2.05, 4.69) is 4.74 Å². The predicted molar refractivity (Wildman–Crippen MR) is 117 cm³/mol. The molecule has 3 rings (SSSR count). The van der Waals surface area contributed by atoms with Gasteiger partial charge in [0.15, 0.2) is 17.7 Å². The highest BCUT2D eigenvalue weighted by Gasteiger charge is 2.35. The number of cyclic esters (lactones) is 1. The zero-order valence-corrected chi connectivity index (χ0v) is 19.6. The minimum atomic E-state index is -0.898. The maximum absolute atomic E-state index is 14.9. The van der Waals surface area contributed by atoms with Gasteiger partial charge >= 0.3 is 18.3 Å². The number of benzene rings is 1. The lowest BCUT2D eigenvalue weighted by molar-refractivity contribution is 0.0239. The molecule has 2 amide bonds. The standard InChI is InChI=1S/C22H29F2N3O7/c1-5-31-21(30)32-13-15-12-27(20(29)33-15)14-10-16(23)18(17(24)11-14)25-6-8-26(9-7-25)19(28)34-22(2,3)4/h10-11,15H,5-9,12-13H2,1-4H3/t15-/m1/s1. The Bertz CT molecular complexity index is 907. The zero-order valence-electron chi connectivity index (χ0n) is 19.6. The molecule has 2 fully saturated rings. The lowest BCUT2D eigenvalue weighted by Crippen LogP contribution is -2.50. The van der Waals surface area contributed by atoms with E-state index in [0.717, 1.165) is 17.0 Å². The van der Waals surface area contributed by atoms with Crippen LogP contribution in [0.5, 0.6) is 0 Å². The van der Waals surface area contributed by atoms with Gasteiger partial charge < -0.3 is 28.7 Å². The van der Waals surface area contributed by atoms with Gasteiger partial charge in [-0.05, 0) is 27.7 Å². The lowest BCUT2D eigenvalue weighted by atomic mass is 10.2. The van der Waals surface area contributed by atoms with Crippen molar-refractivity contribution in [3.8, 4) is 0 Å². The molecule has 0 N–H and O–H groups in total. The smallest absolute Gasteiger partial charge is 0.444 e. The maximum atomic E-state index is 14.9. The number of carbonyl (C=O) groups excluding carboxylic acids is 3. The van der Waals surface area contributed by atoms with E-state index in [9.17, 15) is 23.2 Å². The van der Waals surface area contributed by atoms with Crippen LogP contribution < -0.4 is 9.80 Å². The average Bonchev–Trinajstić information content (AvgIpc) is 3.12. The van der Waals surface area contributed by atoms with E-state index in [1.54, 1.807) is 27.7 Å². The van der Waals surface area contributed by atoms with Crippen LogP contribution in [0, 0.1) is 11.6 Å². The van der Waals surface area contributed by atoms with E-state index in [0.29, 0.717) is 0 Å². The average molecular weight is 485 g/mol. The summed E-state index contributed by atoms with van der Waals surface area (Å²) in [5, 5.41) is 0. The maximum Gasteiger partial charge on any atom is 0.508 e. The Labute approximate surface area is 196 Å². The normalized spacial score (nSPS) is 18.6. The zero-order chi connectivity index (χ0) is 25.0. The van der Waals surface area contributed by atoms with Crippen LogP contribution in [0.4, 0.5) is 34.5 Å². The SMILES string of the molecule is CCOC(=O)OC[C@H]1CN(c2cc(F)c(N3CCN(C(=O)OC(C)(C)C)CC3)c(F)c2)C(=O)O1. The second-order valence-corrected chi connectivity index (χ2v) is 8.82. The Morgan fingerprint density at radius 2 is 1.71 bits per heavy atom. The van der Waals surface area contributed by atoms with Crippen molar-refractivity contribution in [1.29, 1.82) is 0 Å². The first kappa shape index (κ1) is 25.3. The van der Waals surface area contributed by atoms with Gasteiger partial charge in [0.2, 0.25) is 0 Å². The second kappa shape index (κ2) is 10.3. The number of carbonyl (C=O) groups is 3. The molecule has 0 bridgehead atoms. The fourth-order valence-electron chi connectivity index (χ4n) is 3.59. The number of rotatable bonds is 5. The van der Waals surface area contributed by atoms with Crippen molar-refractivity contribution < 1.29 is 42.1 Å². The summed E-state index contributed by atoms with van der Waals surface area (Å²) >= 11 is 0. The number of hydrogen-bond donors (Lipinski definition) is 0. The number of halogens is 2. The molecule has 12 heteroatoms. The quantitative estimate of drug-likeness (QED) is 0.462. The van der Waals surface area contributed by atoms with E-state index in [4.69, 9.17) is 14.2 Å². The van der Waals surface area contributed by atoms with Crippen molar-refractivity contribution in [2.75, 3.05) is 55.7 Å². The molecule has 1 aromatic carbocycles. The molecule has 10 nitrogen and oxygen atoms in total. The molecule has 2 aliphatic heterocycles. The summed E-state index contributed by atoms with van der Waals surface area (Å²) < 4.78 is 49.8. The van der Waals surface area contributed by atoms with Crippen LogP contribution in [-0.4, -0.2) is 80.9 Å². The van der Waals surface area contributed by atoms with E-state index in [1.807, 2.05) is 0 Å². The number of hydrogen-bond acceptors (Lipinski definition) is 8. The first-order chi connectivity index (χ1) is 16.0. The van der Waals surface area contributed by atoms with E-state index in [1.165, 1.54) is 9.80 Å². The molecule has 0 saturated carbocycles. The highest BCUT2D eigenvalue weighted by molar-refractivity contribution is 5.90. The van der Waals surface area contributed by atoms with E-state index < -0.39 is 41.7 Å². The molecule has 0 aliphatic carbocycles. The number of ether oxygens (including phenoxy) is 4. The van der Waals surface area contributed by atoms with Gasteiger partial charge in [0.05, 0.1) is 18.8 Å². The van der Waals surface area contributed by atoms with Gasteiger partial charge in [-0.15, -0.1) is 0 Å². The van der Waals surface area contributed by atoms with Gasteiger partial charge in [0.1, 0.15) is 17.9 Å². The van der Waals surface area contributed by atoms with Gasteiger partial charge in [-0.3, -0.25) is 4.90 Å². The molecule has 2 saturated heterocycles. The van der Waals surface area contributed by atoms with Crippen molar-refractivity contribution in [3.05, 3.63) is 23.8 Å². The van der Waals surface area contributed by atoms with Crippen LogP contribution in [0.3, 0.4) is 0 Å². The minimum Gasteiger partial charge on any atom is -0.444 e. The molecular formula is C22H29F2N3O7. The van der Waals surface area contributed by atoms with Crippen molar-refractivity contribution in [3.63, 3.8) is 0 Å². The first-order valence-corrected chi connectivity index (χ1v) is 11.0. The van der Waals surface area contributed by atoms with Crippen LogP contribution in [0.15, 0.2) is 12.1 Å². The van der Waals surface area contributed by atoms with Crippen LogP contribution >= 0.6 is 0 Å². The molecule has 2 heterocycles. The molecule has 0 aromatic heterocycles. The van der Waals surface area contributed by atoms with Crippen LogP contribution in [0.1, 0.15) is 27.7 Å². The fraction of sp³-hybridized carbons (Fsp3) is 0.591. The molecule has 1 aromatic rings. The Morgan fingerprint density at radius 3 is 2.26 bits per heavy atom. The third kappa shape index (κ3) is 6.17. The Kier molecular flexibility index (Phi) is 7.68. The summed E-state index contributed by atoms with van der Waals surface area (Å²) in [7, 11) is 0. The van der Waals surface area contributed by atoms with E-state index in [-0.39, 0.29) is 57.3 Å². The molecule has 188 valence electrons. The van der Waals surface area contributed by atoms with Crippen LogP contribution in [0.2, 0.25) is 0 Å². The molecular weight excluding hydrogens is 456 g/mol. The van der Waals surface area contributed by atoms with Gasteiger partial charge in [0, 0.05) is 38.3 Å². The monoisotopic (exact) mass is 485 g/mol. The Morgan fingerprint density at radius 1 is 1.09 bits per heavy atom. The molecule has 2 aliphatic rings. The van der Waals surface area contributed by atoms with Crippen LogP contribution in [0.25, 0.3) is 0 Å². The summed E-state index contributed by atoms with van der Waals surface area (Å²) in [5.74, 6) is -1.69. The van der Waals surface area contributed by atoms with Gasteiger partial charge in [-0.1, -0.05) is 0 Å². The topological polar surface area (TPSA) is 97.9 Å². The largest absolute Gasteiger partial charge is 0.508 e. The molecule has 1 atom stereocenters. The Hall–Kier alpha value is -3.31. The fourth-order valence-corrected chi connectivity index (χ4v) is 3.59. The van der Waals surface area contributed by atoms with Crippen molar-refractivity contribution in [2.45, 2.75) is 39.4 Å². The number of amides is 2. The predicted octanol–water partition coefficient (Wildman–Crippen LogP) is 3.52. The van der Waals surface area contributed by atoms with E-state index >= 15 is 0 Å². The number of piperazine rings is 1. The third-order valence-electron chi connectivity index (χ3n) is 5.08. The third-order valence-corrected chi connectivity index (χ3v) is 5.08. The van der Waals surface area contributed by atoms with Gasteiger partial charge in [-0.2, -0.15) is 0 Å². The second-order valence-electron chi connectivity index (χ2n) is 8.82. The summed E-state index contributed by atoms with van der Waals surface area (Å²) in [6.45, 7) is 7.67.